The average molecular weight is 475 g/mol. The van der Waals surface area contributed by atoms with Gasteiger partial charge in [0, 0.05) is 59.9 Å². The van der Waals surface area contributed by atoms with Crippen LogP contribution in [0.3, 0.4) is 0 Å². The molecule has 1 saturated heterocycles. The molecule has 0 N–H and O–H groups in total. The fourth-order valence-electron chi connectivity index (χ4n) is 6.21. The second-order valence-corrected chi connectivity index (χ2v) is 10.2. The van der Waals surface area contributed by atoms with Crippen molar-refractivity contribution in [3.8, 4) is 11.1 Å². The average Bonchev–Trinajstić information content (AvgIpc) is 3.41. The minimum atomic E-state index is -0.306. The molecule has 34 heavy (non-hydrogen) atoms. The normalized spacial score (nSPS) is 20.9. The standard InChI is InChI=1S/C29H28ClFN2O/c30-26-5-2-1-4-23(26)21-16-20-11-15-33-27-12-14-32(18-25(27)24(17-21)29(20)33)13-3-6-28(34)19-7-9-22(31)10-8-19/h1-2,4-5,7-10,16-17,25,27H,3,6,11-15,18H2. The number of anilines is 1. The number of piperidine rings is 1. The zero-order chi connectivity index (χ0) is 23.2. The third-order valence-electron chi connectivity index (χ3n) is 7.82. The summed E-state index contributed by atoms with van der Waals surface area (Å²) in [6.07, 6.45) is 3.60. The monoisotopic (exact) mass is 474 g/mol. The molecule has 0 radical (unpaired) electrons. The number of halogens is 2. The van der Waals surface area contributed by atoms with Crippen LogP contribution in [0.5, 0.6) is 0 Å². The summed E-state index contributed by atoms with van der Waals surface area (Å²) in [5, 5.41) is 0.801. The maximum atomic E-state index is 13.1. The Bertz CT molecular complexity index is 1240. The van der Waals surface area contributed by atoms with Gasteiger partial charge in [-0.05, 0) is 85.0 Å². The number of benzene rings is 3. The van der Waals surface area contributed by atoms with Gasteiger partial charge in [0.05, 0.1) is 0 Å². The zero-order valence-corrected chi connectivity index (χ0v) is 19.9. The van der Waals surface area contributed by atoms with Crippen LogP contribution in [0.1, 0.15) is 46.7 Å². The Balaban J connectivity index is 1.17. The Morgan fingerprint density at radius 1 is 1.06 bits per heavy atom. The number of nitrogens with zero attached hydrogens (tertiary/aromatic N) is 2. The Kier molecular flexibility index (Phi) is 5.66. The number of carbonyl (C=O) groups is 1. The summed E-state index contributed by atoms with van der Waals surface area (Å²) in [5.74, 6) is 0.285. The van der Waals surface area contributed by atoms with E-state index in [-0.39, 0.29) is 11.6 Å². The molecule has 0 spiro atoms. The predicted octanol–water partition coefficient (Wildman–Crippen LogP) is 6.34. The number of fused-ring (bicyclic) bond motifs is 3. The molecule has 0 saturated carbocycles. The van der Waals surface area contributed by atoms with Crippen molar-refractivity contribution in [3.05, 3.63) is 88.2 Å². The number of hydrogen-bond donors (Lipinski definition) is 0. The van der Waals surface area contributed by atoms with Gasteiger partial charge in [-0.1, -0.05) is 29.8 Å². The van der Waals surface area contributed by atoms with E-state index in [1.54, 1.807) is 12.1 Å². The summed E-state index contributed by atoms with van der Waals surface area (Å²) in [4.78, 5) is 17.7. The van der Waals surface area contributed by atoms with E-state index in [0.29, 0.717) is 23.9 Å². The molecule has 3 aliphatic heterocycles. The minimum Gasteiger partial charge on any atom is -0.367 e. The Hall–Kier alpha value is -2.69. The third kappa shape index (κ3) is 3.83. The molecule has 0 amide bonds. The second-order valence-electron chi connectivity index (χ2n) is 9.79. The number of Topliss-reactive ketones (excluding diaryl/α,β-unsaturated/α-hetero) is 1. The molecule has 6 rings (SSSR count). The summed E-state index contributed by atoms with van der Waals surface area (Å²) in [6, 6.07) is 19.3. The largest absolute Gasteiger partial charge is 0.367 e. The molecule has 2 unspecified atom stereocenters. The highest BCUT2D eigenvalue weighted by molar-refractivity contribution is 6.33. The van der Waals surface area contributed by atoms with Crippen LogP contribution in [0, 0.1) is 5.82 Å². The molecule has 3 aliphatic rings. The van der Waals surface area contributed by atoms with Crippen molar-refractivity contribution in [3.63, 3.8) is 0 Å². The molecule has 0 aromatic heterocycles. The molecule has 3 nitrogen and oxygen atoms in total. The molecule has 3 aromatic carbocycles. The van der Waals surface area contributed by atoms with E-state index in [4.69, 9.17) is 11.6 Å². The van der Waals surface area contributed by atoms with Gasteiger partial charge >= 0.3 is 0 Å². The second kappa shape index (κ2) is 8.83. The highest BCUT2D eigenvalue weighted by atomic mass is 35.5. The van der Waals surface area contributed by atoms with Crippen molar-refractivity contribution in [2.45, 2.75) is 37.6 Å². The SMILES string of the molecule is O=C(CCCN1CCC2C(C1)c1cc(-c3ccccc3Cl)cc3c1N2CC3)c1ccc(F)cc1. The van der Waals surface area contributed by atoms with Gasteiger partial charge in [-0.2, -0.15) is 0 Å². The van der Waals surface area contributed by atoms with Crippen LogP contribution in [0.2, 0.25) is 5.02 Å². The van der Waals surface area contributed by atoms with Gasteiger partial charge in [-0.15, -0.1) is 0 Å². The van der Waals surface area contributed by atoms with Gasteiger partial charge in [0.2, 0.25) is 0 Å². The zero-order valence-electron chi connectivity index (χ0n) is 19.1. The maximum Gasteiger partial charge on any atom is 0.162 e. The Morgan fingerprint density at radius 3 is 2.71 bits per heavy atom. The van der Waals surface area contributed by atoms with Crippen LogP contribution >= 0.6 is 11.6 Å². The first kappa shape index (κ1) is 21.8. The molecule has 174 valence electrons. The minimum absolute atomic E-state index is 0.0932. The predicted molar refractivity (Wildman–Crippen MR) is 135 cm³/mol. The van der Waals surface area contributed by atoms with Gasteiger partial charge < -0.3 is 9.80 Å². The number of rotatable bonds is 6. The van der Waals surface area contributed by atoms with Gasteiger partial charge in [0.25, 0.3) is 0 Å². The highest BCUT2D eigenvalue weighted by Crippen LogP contribution is 2.51. The van der Waals surface area contributed by atoms with Crippen molar-refractivity contribution in [2.24, 2.45) is 0 Å². The van der Waals surface area contributed by atoms with E-state index in [0.717, 1.165) is 56.0 Å². The smallest absolute Gasteiger partial charge is 0.162 e. The van der Waals surface area contributed by atoms with E-state index in [2.05, 4.69) is 34.1 Å². The fraction of sp³-hybridized carbons (Fsp3) is 0.345. The number of hydrogen-bond acceptors (Lipinski definition) is 3. The highest BCUT2D eigenvalue weighted by Gasteiger charge is 2.45. The first-order valence-electron chi connectivity index (χ1n) is 12.3. The van der Waals surface area contributed by atoms with E-state index in [1.165, 1.54) is 34.5 Å². The van der Waals surface area contributed by atoms with Crippen LogP contribution < -0.4 is 4.90 Å². The number of ketones is 1. The summed E-state index contributed by atoms with van der Waals surface area (Å²) in [7, 11) is 0. The number of carbonyl (C=O) groups excluding carboxylic acids is 1. The first-order valence-corrected chi connectivity index (χ1v) is 12.7. The molecule has 3 heterocycles. The van der Waals surface area contributed by atoms with Crippen LogP contribution in [0.4, 0.5) is 10.1 Å². The summed E-state index contributed by atoms with van der Waals surface area (Å²) in [5.41, 5.74) is 7.34. The Morgan fingerprint density at radius 2 is 1.88 bits per heavy atom. The van der Waals surface area contributed by atoms with E-state index in [9.17, 15) is 9.18 Å². The number of likely N-dealkylation sites (tertiary alicyclic amines) is 1. The lowest BCUT2D eigenvalue weighted by Crippen LogP contribution is -2.46. The van der Waals surface area contributed by atoms with Crippen molar-refractivity contribution < 1.29 is 9.18 Å². The van der Waals surface area contributed by atoms with Crippen molar-refractivity contribution >= 4 is 23.1 Å². The van der Waals surface area contributed by atoms with Crippen molar-refractivity contribution in [2.75, 3.05) is 31.1 Å². The molecule has 2 atom stereocenters. The lowest BCUT2D eigenvalue weighted by molar-refractivity contribution is 0.0971. The van der Waals surface area contributed by atoms with Crippen LogP contribution in [0.15, 0.2) is 60.7 Å². The van der Waals surface area contributed by atoms with Crippen LogP contribution in [0.25, 0.3) is 11.1 Å². The molecular weight excluding hydrogens is 447 g/mol. The summed E-state index contributed by atoms with van der Waals surface area (Å²) in [6.45, 7) is 4.14. The molecule has 1 fully saturated rings. The van der Waals surface area contributed by atoms with Crippen LogP contribution in [-0.4, -0.2) is 42.9 Å². The van der Waals surface area contributed by atoms with E-state index in [1.807, 2.05) is 12.1 Å². The van der Waals surface area contributed by atoms with E-state index < -0.39 is 0 Å². The molecule has 0 aliphatic carbocycles. The summed E-state index contributed by atoms with van der Waals surface area (Å²) >= 11 is 6.55. The fourth-order valence-corrected chi connectivity index (χ4v) is 6.45. The third-order valence-corrected chi connectivity index (χ3v) is 8.15. The van der Waals surface area contributed by atoms with Gasteiger partial charge in [-0.3, -0.25) is 4.79 Å². The van der Waals surface area contributed by atoms with Crippen molar-refractivity contribution in [1.29, 1.82) is 0 Å². The Labute approximate surface area is 205 Å². The molecule has 0 bridgehead atoms. The van der Waals surface area contributed by atoms with Crippen LogP contribution in [-0.2, 0) is 6.42 Å². The first-order chi connectivity index (χ1) is 16.6. The quantitative estimate of drug-likeness (QED) is 0.389. The topological polar surface area (TPSA) is 23.6 Å². The maximum absolute atomic E-state index is 13.1. The van der Waals surface area contributed by atoms with Gasteiger partial charge in [0.15, 0.2) is 5.78 Å². The van der Waals surface area contributed by atoms with E-state index >= 15 is 0 Å². The van der Waals surface area contributed by atoms with Crippen molar-refractivity contribution in [1.82, 2.24) is 4.90 Å². The van der Waals surface area contributed by atoms with Gasteiger partial charge in [0.1, 0.15) is 5.82 Å². The van der Waals surface area contributed by atoms with Gasteiger partial charge in [-0.25, -0.2) is 4.39 Å². The molecule has 5 heteroatoms. The lowest BCUT2D eigenvalue weighted by atomic mass is 9.86. The molecular formula is C29H28ClFN2O. The lowest BCUT2D eigenvalue weighted by Gasteiger charge is -2.38. The summed E-state index contributed by atoms with van der Waals surface area (Å²) < 4.78 is 13.1. The molecule has 3 aromatic rings.